The van der Waals surface area contributed by atoms with Crippen LogP contribution in [0.3, 0.4) is 0 Å². The smallest absolute Gasteiger partial charge is 0.258 e. The Kier molecular flexibility index (Phi) is 5.73. The third-order valence-corrected chi connectivity index (χ3v) is 3.63. The first-order valence-electron chi connectivity index (χ1n) is 8.25. The third kappa shape index (κ3) is 4.20. The Balaban J connectivity index is 1.72. The van der Waals surface area contributed by atoms with Crippen molar-refractivity contribution in [1.82, 2.24) is 9.97 Å². The first kappa shape index (κ1) is 19.2. The molecule has 0 aliphatic rings. The molecular formula is C19H15F3N4O2. The summed E-state index contributed by atoms with van der Waals surface area (Å²) in [5, 5.41) is 5.11. The first-order chi connectivity index (χ1) is 13.5. The molecule has 2 aromatic carbocycles. The van der Waals surface area contributed by atoms with Crippen LogP contribution in [-0.4, -0.2) is 22.5 Å². The maximum Gasteiger partial charge on any atom is 0.258 e. The quantitative estimate of drug-likeness (QED) is 0.616. The van der Waals surface area contributed by atoms with E-state index in [4.69, 9.17) is 4.74 Å². The molecule has 1 aromatic heterocycles. The number of amides is 1. The molecule has 28 heavy (non-hydrogen) atoms. The highest BCUT2D eigenvalue weighted by Gasteiger charge is 2.16. The van der Waals surface area contributed by atoms with Crippen LogP contribution in [-0.2, 0) is 0 Å². The van der Waals surface area contributed by atoms with Crippen LogP contribution in [0.5, 0.6) is 5.75 Å². The number of hydrogen-bond acceptors (Lipinski definition) is 5. The fraction of sp³-hybridized carbons (Fsp3) is 0.105. The number of nitrogens with zero attached hydrogens (tertiary/aromatic N) is 2. The van der Waals surface area contributed by atoms with Gasteiger partial charge in [0.1, 0.15) is 5.75 Å². The third-order valence-electron chi connectivity index (χ3n) is 3.63. The van der Waals surface area contributed by atoms with Crippen molar-refractivity contribution in [3.8, 4) is 5.75 Å². The lowest BCUT2D eigenvalue weighted by atomic mass is 10.2. The molecule has 1 amide bonds. The molecule has 9 heteroatoms. The number of rotatable bonds is 6. The van der Waals surface area contributed by atoms with Gasteiger partial charge in [-0.05, 0) is 31.2 Å². The summed E-state index contributed by atoms with van der Waals surface area (Å²) in [5.74, 6) is -4.44. The standard InChI is InChI=1S/C19H15F3N4O2/c1-2-28-15-6-4-3-5-13(15)26-19-23-9-11(10-24-19)18(27)25-14-8-7-12(20)16(21)17(14)22/h3-10H,2H2,1H3,(H,25,27)(H,23,24,26). The lowest BCUT2D eigenvalue weighted by Crippen LogP contribution is -2.15. The number of carbonyl (C=O) groups is 1. The maximum atomic E-state index is 13.7. The van der Waals surface area contributed by atoms with E-state index in [0.29, 0.717) is 24.1 Å². The molecule has 0 aliphatic carbocycles. The molecule has 0 spiro atoms. The average Bonchev–Trinajstić information content (AvgIpc) is 2.70. The molecule has 1 heterocycles. The van der Waals surface area contributed by atoms with Crippen LogP contribution in [0, 0.1) is 17.5 Å². The molecule has 0 saturated carbocycles. The van der Waals surface area contributed by atoms with E-state index in [-0.39, 0.29) is 11.5 Å². The van der Waals surface area contributed by atoms with E-state index < -0.39 is 29.0 Å². The van der Waals surface area contributed by atoms with Crippen LogP contribution >= 0.6 is 0 Å². The number of carbonyl (C=O) groups excluding carboxylic acids is 1. The maximum absolute atomic E-state index is 13.7. The molecule has 144 valence electrons. The van der Waals surface area contributed by atoms with Gasteiger partial charge in [-0.25, -0.2) is 23.1 Å². The van der Waals surface area contributed by atoms with Crippen molar-refractivity contribution in [2.24, 2.45) is 0 Å². The van der Waals surface area contributed by atoms with E-state index in [0.717, 1.165) is 6.07 Å². The summed E-state index contributed by atoms with van der Waals surface area (Å²) in [4.78, 5) is 20.2. The average molecular weight is 388 g/mol. The fourth-order valence-corrected chi connectivity index (χ4v) is 2.30. The molecule has 6 nitrogen and oxygen atoms in total. The number of benzene rings is 2. The van der Waals surface area contributed by atoms with Gasteiger partial charge in [0.25, 0.3) is 5.91 Å². The van der Waals surface area contributed by atoms with Crippen LogP contribution in [0.25, 0.3) is 0 Å². The molecule has 0 bridgehead atoms. The minimum Gasteiger partial charge on any atom is -0.492 e. The predicted octanol–water partition coefficient (Wildman–Crippen LogP) is 4.29. The SMILES string of the molecule is CCOc1ccccc1Nc1ncc(C(=O)Nc2ccc(F)c(F)c2F)cn1. The van der Waals surface area contributed by atoms with Crippen LogP contribution < -0.4 is 15.4 Å². The number of halogens is 3. The molecule has 0 aliphatic heterocycles. The van der Waals surface area contributed by atoms with E-state index in [1.165, 1.54) is 12.4 Å². The van der Waals surface area contributed by atoms with Crippen molar-refractivity contribution in [3.63, 3.8) is 0 Å². The lowest BCUT2D eigenvalue weighted by Gasteiger charge is -2.11. The van der Waals surface area contributed by atoms with Gasteiger partial charge in [-0.3, -0.25) is 4.79 Å². The van der Waals surface area contributed by atoms with Gasteiger partial charge in [0.05, 0.1) is 23.5 Å². The summed E-state index contributed by atoms with van der Waals surface area (Å²) in [7, 11) is 0. The Labute approximate surface area is 158 Å². The molecule has 3 rings (SSSR count). The van der Waals surface area contributed by atoms with Crippen LogP contribution in [0.4, 0.5) is 30.5 Å². The number of ether oxygens (including phenoxy) is 1. The highest BCUT2D eigenvalue weighted by molar-refractivity contribution is 6.04. The molecule has 3 aromatic rings. The van der Waals surface area contributed by atoms with Gasteiger partial charge in [-0.2, -0.15) is 0 Å². The normalized spacial score (nSPS) is 10.4. The van der Waals surface area contributed by atoms with Gasteiger partial charge in [0, 0.05) is 12.4 Å². The zero-order chi connectivity index (χ0) is 20.1. The van der Waals surface area contributed by atoms with Gasteiger partial charge in [-0.15, -0.1) is 0 Å². The summed E-state index contributed by atoms with van der Waals surface area (Å²) >= 11 is 0. The Morgan fingerprint density at radius 3 is 2.43 bits per heavy atom. The van der Waals surface area contributed by atoms with Crippen molar-refractivity contribution in [1.29, 1.82) is 0 Å². The molecule has 2 N–H and O–H groups in total. The summed E-state index contributed by atoms with van der Waals surface area (Å²) < 4.78 is 45.4. The zero-order valence-electron chi connectivity index (χ0n) is 14.7. The van der Waals surface area contributed by atoms with Gasteiger partial charge in [0.15, 0.2) is 17.5 Å². The second-order valence-electron chi connectivity index (χ2n) is 5.53. The second-order valence-corrected chi connectivity index (χ2v) is 5.53. The minimum absolute atomic E-state index is 0.00720. The summed E-state index contributed by atoms with van der Waals surface area (Å²) in [5.41, 5.74) is 0.162. The van der Waals surface area contributed by atoms with Crippen molar-refractivity contribution in [2.75, 3.05) is 17.2 Å². The van der Waals surface area contributed by atoms with E-state index in [2.05, 4.69) is 20.6 Å². The highest BCUT2D eigenvalue weighted by Crippen LogP contribution is 2.26. The zero-order valence-corrected chi connectivity index (χ0v) is 14.7. The Morgan fingerprint density at radius 1 is 1.00 bits per heavy atom. The number of anilines is 3. The van der Waals surface area contributed by atoms with Gasteiger partial charge in [0.2, 0.25) is 5.95 Å². The molecular weight excluding hydrogens is 373 g/mol. The van der Waals surface area contributed by atoms with Gasteiger partial charge >= 0.3 is 0 Å². The molecule has 0 fully saturated rings. The van der Waals surface area contributed by atoms with Crippen molar-refractivity contribution in [2.45, 2.75) is 6.92 Å². The van der Waals surface area contributed by atoms with E-state index >= 15 is 0 Å². The van der Waals surface area contributed by atoms with Crippen molar-refractivity contribution >= 4 is 23.2 Å². The molecule has 0 radical (unpaired) electrons. The first-order valence-corrected chi connectivity index (χ1v) is 8.25. The van der Waals surface area contributed by atoms with E-state index in [1.807, 2.05) is 19.1 Å². The Hall–Kier alpha value is -3.62. The summed E-state index contributed by atoms with van der Waals surface area (Å²) in [6.45, 7) is 2.34. The topological polar surface area (TPSA) is 76.1 Å². The van der Waals surface area contributed by atoms with E-state index in [1.54, 1.807) is 12.1 Å². The van der Waals surface area contributed by atoms with Crippen LogP contribution in [0.2, 0.25) is 0 Å². The highest BCUT2D eigenvalue weighted by atomic mass is 19.2. The second kappa shape index (κ2) is 8.38. The lowest BCUT2D eigenvalue weighted by molar-refractivity contribution is 0.102. The molecule has 0 atom stereocenters. The molecule has 0 saturated heterocycles. The monoisotopic (exact) mass is 388 g/mol. The fourth-order valence-electron chi connectivity index (χ4n) is 2.30. The Morgan fingerprint density at radius 2 is 1.71 bits per heavy atom. The summed E-state index contributed by atoms with van der Waals surface area (Å²) in [6.07, 6.45) is 2.43. The van der Waals surface area contributed by atoms with Gasteiger partial charge in [-0.1, -0.05) is 12.1 Å². The largest absolute Gasteiger partial charge is 0.492 e. The number of nitrogens with one attached hydrogen (secondary N) is 2. The van der Waals surface area contributed by atoms with Crippen LogP contribution in [0.15, 0.2) is 48.8 Å². The predicted molar refractivity (Wildman–Crippen MR) is 97.2 cm³/mol. The molecule has 0 unspecified atom stereocenters. The summed E-state index contributed by atoms with van der Waals surface area (Å²) in [6, 6.07) is 8.83. The number of para-hydroxylation sites is 2. The minimum atomic E-state index is -1.67. The van der Waals surface area contributed by atoms with E-state index in [9.17, 15) is 18.0 Å². The van der Waals surface area contributed by atoms with Crippen LogP contribution in [0.1, 0.15) is 17.3 Å². The van der Waals surface area contributed by atoms with Crippen molar-refractivity contribution < 1.29 is 22.7 Å². The Bertz CT molecular complexity index is 997. The number of aromatic nitrogens is 2. The number of hydrogen-bond donors (Lipinski definition) is 2. The van der Waals surface area contributed by atoms with Gasteiger partial charge < -0.3 is 15.4 Å². The van der Waals surface area contributed by atoms with Crippen molar-refractivity contribution in [3.05, 3.63) is 71.8 Å².